The van der Waals surface area contributed by atoms with Crippen LogP contribution in [0.1, 0.15) is 52.4 Å². The number of fused-ring (bicyclic) bond motifs is 6. The zero-order valence-electron chi connectivity index (χ0n) is 34.4. The van der Waals surface area contributed by atoms with Crippen LogP contribution in [0, 0.1) is 13.8 Å². The summed E-state index contributed by atoms with van der Waals surface area (Å²) in [6.45, 7) is 10.8. The molecule has 6 heterocycles. The fraction of sp³-hybridized carbons (Fsp3) is 0.302. The molecule has 8 rings (SSSR count). The normalized spacial score (nSPS) is 11.9. The van der Waals surface area contributed by atoms with Gasteiger partial charge < -0.3 is 34.8 Å². The highest BCUT2D eigenvalue weighted by atomic mass is 16.5. The van der Waals surface area contributed by atoms with Crippen LogP contribution in [0.2, 0.25) is 0 Å². The third-order valence-corrected chi connectivity index (χ3v) is 10.5. The van der Waals surface area contributed by atoms with Gasteiger partial charge >= 0.3 is 0 Å². The van der Waals surface area contributed by atoms with Gasteiger partial charge in [0.25, 0.3) is 0 Å². The Labute approximate surface area is 344 Å². The van der Waals surface area contributed by atoms with Crippen molar-refractivity contribution in [2.24, 2.45) is 11.5 Å². The van der Waals surface area contributed by atoms with Gasteiger partial charge in [-0.05, 0) is 64.1 Å². The Morgan fingerprint density at radius 1 is 0.667 bits per heavy atom. The lowest BCUT2D eigenvalue weighted by molar-refractivity contribution is 0.0991. The maximum absolute atomic E-state index is 12.6. The van der Waals surface area contributed by atoms with E-state index in [-0.39, 0.29) is 0 Å². The molecule has 0 bridgehead atoms. The van der Waals surface area contributed by atoms with Crippen LogP contribution in [0.3, 0.4) is 0 Å². The first kappa shape index (κ1) is 39.7. The molecule has 0 radical (unpaired) electrons. The Morgan fingerprint density at radius 3 is 1.60 bits per heavy atom. The van der Waals surface area contributed by atoms with Crippen molar-refractivity contribution in [2.45, 2.75) is 60.3 Å². The molecule has 0 spiro atoms. The lowest BCUT2D eigenvalue weighted by Gasteiger charge is -2.12. The number of nitrogens with zero attached hydrogens (tertiary/aromatic N) is 10. The van der Waals surface area contributed by atoms with E-state index in [0.29, 0.717) is 91.4 Å². The molecule has 4 N–H and O–H groups in total. The van der Waals surface area contributed by atoms with Crippen LogP contribution in [-0.2, 0) is 30.9 Å². The Morgan fingerprint density at radius 2 is 1.15 bits per heavy atom. The summed E-state index contributed by atoms with van der Waals surface area (Å²) in [7, 11) is 3.20. The molecule has 0 aliphatic heterocycles. The molecule has 0 fully saturated rings. The van der Waals surface area contributed by atoms with Gasteiger partial charge in [-0.15, -0.1) is 0 Å². The van der Waals surface area contributed by atoms with Gasteiger partial charge in [0.1, 0.15) is 34.2 Å². The largest absolute Gasteiger partial charge is 0.495 e. The van der Waals surface area contributed by atoms with Gasteiger partial charge in [-0.2, -0.15) is 10.2 Å². The quantitative estimate of drug-likeness (QED) is 0.0887. The number of hydrogen-bond donors (Lipinski definition) is 2. The molecule has 0 aliphatic rings. The first-order valence-corrected chi connectivity index (χ1v) is 19.7. The van der Waals surface area contributed by atoms with Crippen LogP contribution in [0.25, 0.3) is 66.9 Å². The van der Waals surface area contributed by atoms with Crippen molar-refractivity contribution >= 4 is 55.7 Å². The van der Waals surface area contributed by atoms with E-state index in [1.807, 2.05) is 65.9 Å². The van der Waals surface area contributed by atoms with Gasteiger partial charge in [-0.25, -0.2) is 19.9 Å². The number of primary amides is 2. The molecule has 308 valence electrons. The average Bonchev–Trinajstić information content (AvgIpc) is 4.00. The predicted octanol–water partition coefficient (Wildman–Crippen LogP) is 5.74. The lowest BCUT2D eigenvalue weighted by Crippen LogP contribution is -2.12. The smallest absolute Gasteiger partial charge is 0.248 e. The number of hydrogen-bond acceptors (Lipinski definition) is 11. The molecule has 2 aromatic carbocycles. The lowest BCUT2D eigenvalue weighted by atomic mass is 10.1. The minimum Gasteiger partial charge on any atom is -0.495 e. The van der Waals surface area contributed by atoms with Crippen LogP contribution >= 0.6 is 0 Å². The van der Waals surface area contributed by atoms with Gasteiger partial charge in [0.05, 0.1) is 36.1 Å². The summed E-state index contributed by atoms with van der Waals surface area (Å²) in [5, 5.41) is 12.1. The Balaban J connectivity index is 1.28. The standard InChI is InChI=1S/C43H46N12O5/c1-7-54-32(16-24(3)50-54)40-46-22-30-28-18-26(38(44)56)20-34(59-6)36(28)52(42(30)48-40)12-9-10-13-53-37-29(19-27(39(45)57)21-35(37)60-15-11-14-58-5)31-23-47-41(49-43(31)53)33-17-25(4)51-55(33)8-2/h9-10,16-23H,7-8,11-15H2,1-6H3,(H2,44,56)(H2,45,57)/b10-9+. The highest BCUT2D eigenvalue weighted by Gasteiger charge is 2.23. The molecule has 0 saturated heterocycles. The molecule has 0 atom stereocenters. The molecule has 0 aliphatic carbocycles. The number of carbonyl (C=O) groups is 2. The molecule has 8 aromatic rings. The van der Waals surface area contributed by atoms with E-state index in [2.05, 4.69) is 14.8 Å². The van der Waals surface area contributed by atoms with E-state index in [0.717, 1.165) is 55.4 Å². The van der Waals surface area contributed by atoms with Crippen molar-refractivity contribution in [2.75, 3.05) is 27.4 Å². The molecular weight excluding hydrogens is 765 g/mol. The molecule has 0 saturated carbocycles. The number of benzene rings is 2. The summed E-state index contributed by atoms with van der Waals surface area (Å²) < 4.78 is 25.3. The third-order valence-electron chi connectivity index (χ3n) is 10.5. The third kappa shape index (κ3) is 7.06. The Kier molecular flexibility index (Phi) is 10.7. The topological polar surface area (TPSA) is 211 Å². The minimum atomic E-state index is -0.579. The van der Waals surface area contributed by atoms with E-state index in [9.17, 15) is 9.59 Å². The van der Waals surface area contributed by atoms with Gasteiger partial charge in [0.2, 0.25) is 11.8 Å². The average molecular weight is 811 g/mol. The molecule has 60 heavy (non-hydrogen) atoms. The van der Waals surface area contributed by atoms with Crippen molar-refractivity contribution in [1.82, 2.24) is 48.6 Å². The van der Waals surface area contributed by atoms with E-state index in [1.54, 1.807) is 50.9 Å². The second-order valence-electron chi connectivity index (χ2n) is 14.4. The SMILES string of the molecule is CCn1nc(C)cc1-c1ncc2c3cc(C(N)=O)cc(OC)c3n(C/C=C/Cn3c4nc(-c5cc(C)nn5CC)ncc4c4cc(C(N)=O)cc(OCCCOC)c43)c2n1. The number of aryl methyl sites for hydroxylation is 4. The Bertz CT molecular complexity index is 2990. The van der Waals surface area contributed by atoms with Crippen molar-refractivity contribution in [3.05, 3.63) is 83.5 Å². The van der Waals surface area contributed by atoms with Crippen molar-refractivity contribution in [3.8, 4) is 34.5 Å². The number of ether oxygens (including phenoxy) is 3. The van der Waals surface area contributed by atoms with E-state index in [4.69, 9.17) is 45.6 Å². The van der Waals surface area contributed by atoms with Crippen LogP contribution in [0.15, 0.2) is 60.9 Å². The monoisotopic (exact) mass is 810 g/mol. The van der Waals surface area contributed by atoms with Crippen LogP contribution in [-0.4, -0.2) is 87.9 Å². The second kappa shape index (κ2) is 16.2. The predicted molar refractivity (Wildman–Crippen MR) is 228 cm³/mol. The molecule has 6 aromatic heterocycles. The highest BCUT2D eigenvalue weighted by molar-refractivity contribution is 6.13. The van der Waals surface area contributed by atoms with E-state index in [1.165, 1.54) is 0 Å². The zero-order valence-corrected chi connectivity index (χ0v) is 34.4. The molecule has 17 heteroatoms. The maximum atomic E-state index is 12.6. The van der Waals surface area contributed by atoms with Crippen LogP contribution in [0.5, 0.6) is 11.5 Å². The summed E-state index contributed by atoms with van der Waals surface area (Å²) in [5.41, 5.74) is 18.3. The van der Waals surface area contributed by atoms with Gasteiger partial charge in [-0.3, -0.25) is 19.0 Å². The van der Waals surface area contributed by atoms with Gasteiger partial charge in [0.15, 0.2) is 11.6 Å². The van der Waals surface area contributed by atoms with Crippen molar-refractivity contribution in [1.29, 1.82) is 0 Å². The van der Waals surface area contributed by atoms with Crippen molar-refractivity contribution in [3.63, 3.8) is 0 Å². The number of rotatable bonds is 16. The maximum Gasteiger partial charge on any atom is 0.248 e. The molecule has 2 amide bonds. The number of aromatic nitrogens is 10. The summed E-state index contributed by atoms with van der Waals surface area (Å²) in [6, 6.07) is 10.8. The summed E-state index contributed by atoms with van der Waals surface area (Å²) in [5.74, 6) is 0.832. The zero-order chi connectivity index (χ0) is 42.2. The number of nitrogens with two attached hydrogens (primary N) is 2. The van der Waals surface area contributed by atoms with Crippen molar-refractivity contribution < 1.29 is 23.8 Å². The first-order valence-electron chi connectivity index (χ1n) is 19.7. The number of carbonyl (C=O) groups excluding carboxylic acids is 2. The Hall–Kier alpha value is -7.14. The van der Waals surface area contributed by atoms with Crippen LogP contribution in [0.4, 0.5) is 0 Å². The highest BCUT2D eigenvalue weighted by Crippen LogP contribution is 2.38. The van der Waals surface area contributed by atoms with Gasteiger partial charge in [0, 0.05) is 91.4 Å². The summed E-state index contributed by atoms with van der Waals surface area (Å²) >= 11 is 0. The summed E-state index contributed by atoms with van der Waals surface area (Å²) in [6.07, 6.45) is 8.25. The number of methoxy groups -OCH3 is 2. The molecule has 17 nitrogen and oxygen atoms in total. The number of allylic oxidation sites excluding steroid dienone is 2. The second-order valence-corrected chi connectivity index (χ2v) is 14.4. The minimum absolute atomic E-state index is 0.306. The van der Waals surface area contributed by atoms with E-state index >= 15 is 0 Å². The van der Waals surface area contributed by atoms with Crippen LogP contribution < -0.4 is 20.9 Å². The summed E-state index contributed by atoms with van der Waals surface area (Å²) in [4.78, 5) is 44.8. The van der Waals surface area contributed by atoms with E-state index < -0.39 is 11.8 Å². The van der Waals surface area contributed by atoms with Gasteiger partial charge in [-0.1, -0.05) is 12.2 Å². The molecule has 0 unspecified atom stereocenters. The fourth-order valence-electron chi connectivity index (χ4n) is 7.76. The number of amides is 2. The first-order chi connectivity index (χ1) is 29.0. The fourth-order valence-corrected chi connectivity index (χ4v) is 7.76. The molecular formula is C43H46N12O5.